The van der Waals surface area contributed by atoms with Crippen molar-refractivity contribution in [2.24, 2.45) is 5.73 Å². The summed E-state index contributed by atoms with van der Waals surface area (Å²) >= 11 is 11.5. The van der Waals surface area contributed by atoms with Gasteiger partial charge >= 0.3 is 0 Å². The summed E-state index contributed by atoms with van der Waals surface area (Å²) in [5, 5.41) is 0.808. The molecule has 0 bridgehead atoms. The SMILES string of the molecule is CC(N)C(F)c1ccc(Cl)cc1Cl. The van der Waals surface area contributed by atoms with E-state index in [1.54, 1.807) is 19.1 Å². The van der Waals surface area contributed by atoms with Crippen molar-refractivity contribution in [3.05, 3.63) is 33.8 Å². The summed E-state index contributed by atoms with van der Waals surface area (Å²) < 4.78 is 13.4. The average molecular weight is 222 g/mol. The van der Waals surface area contributed by atoms with E-state index in [-0.39, 0.29) is 0 Å². The van der Waals surface area contributed by atoms with Gasteiger partial charge in [-0.25, -0.2) is 4.39 Å². The van der Waals surface area contributed by atoms with E-state index in [1.165, 1.54) is 6.07 Å². The minimum Gasteiger partial charge on any atom is -0.325 e. The first-order valence-corrected chi connectivity index (χ1v) is 4.62. The smallest absolute Gasteiger partial charge is 0.141 e. The molecule has 1 nitrogen and oxygen atoms in total. The second-order valence-corrected chi connectivity index (χ2v) is 3.77. The first-order chi connectivity index (χ1) is 6.02. The Hall–Kier alpha value is -0.310. The Balaban J connectivity index is 3.01. The van der Waals surface area contributed by atoms with Crippen LogP contribution in [0.4, 0.5) is 4.39 Å². The lowest BCUT2D eigenvalue weighted by atomic mass is 10.1. The average Bonchev–Trinajstić information content (AvgIpc) is 2.03. The van der Waals surface area contributed by atoms with Crippen LogP contribution >= 0.6 is 23.2 Å². The fourth-order valence-corrected chi connectivity index (χ4v) is 1.52. The molecule has 0 aliphatic heterocycles. The number of nitrogens with two attached hydrogens (primary N) is 1. The molecule has 13 heavy (non-hydrogen) atoms. The van der Waals surface area contributed by atoms with Gasteiger partial charge in [0.15, 0.2) is 0 Å². The van der Waals surface area contributed by atoms with Crippen LogP contribution in [0.15, 0.2) is 18.2 Å². The van der Waals surface area contributed by atoms with Gasteiger partial charge in [0, 0.05) is 21.7 Å². The van der Waals surface area contributed by atoms with Crippen LogP contribution in [0, 0.1) is 0 Å². The third kappa shape index (κ3) is 2.56. The standard InChI is InChI=1S/C9H10Cl2FN/c1-5(13)9(12)7-3-2-6(10)4-8(7)11/h2-5,9H,13H2,1H3. The molecular formula is C9H10Cl2FN. The molecule has 2 N–H and O–H groups in total. The van der Waals surface area contributed by atoms with Crippen molar-refractivity contribution in [1.82, 2.24) is 0 Å². The number of alkyl halides is 1. The van der Waals surface area contributed by atoms with Crippen molar-refractivity contribution >= 4 is 23.2 Å². The molecule has 0 heterocycles. The fraction of sp³-hybridized carbons (Fsp3) is 0.333. The van der Waals surface area contributed by atoms with E-state index in [4.69, 9.17) is 28.9 Å². The zero-order chi connectivity index (χ0) is 10.0. The molecule has 0 spiro atoms. The van der Waals surface area contributed by atoms with Gasteiger partial charge in [-0.15, -0.1) is 0 Å². The van der Waals surface area contributed by atoms with E-state index < -0.39 is 12.2 Å². The molecule has 2 atom stereocenters. The summed E-state index contributed by atoms with van der Waals surface area (Å²) in [5.41, 5.74) is 5.80. The normalized spacial score (nSPS) is 15.5. The lowest BCUT2D eigenvalue weighted by Crippen LogP contribution is -2.21. The predicted octanol–water partition coefficient (Wildman–Crippen LogP) is 3.35. The van der Waals surface area contributed by atoms with Crippen LogP contribution in [0.25, 0.3) is 0 Å². The molecule has 4 heteroatoms. The molecule has 1 rings (SSSR count). The number of hydrogen-bond acceptors (Lipinski definition) is 1. The third-order valence-electron chi connectivity index (χ3n) is 1.72. The summed E-state index contributed by atoms with van der Waals surface area (Å²) in [6, 6.07) is 4.09. The highest BCUT2D eigenvalue weighted by Gasteiger charge is 2.17. The van der Waals surface area contributed by atoms with Crippen molar-refractivity contribution in [1.29, 1.82) is 0 Å². The molecule has 0 aliphatic carbocycles. The minimum absolute atomic E-state index is 0.317. The van der Waals surface area contributed by atoms with Crippen LogP contribution in [-0.4, -0.2) is 6.04 Å². The van der Waals surface area contributed by atoms with Crippen LogP contribution in [0.2, 0.25) is 10.0 Å². The maximum Gasteiger partial charge on any atom is 0.141 e. The topological polar surface area (TPSA) is 26.0 Å². The van der Waals surface area contributed by atoms with Gasteiger partial charge in [0.1, 0.15) is 6.17 Å². The van der Waals surface area contributed by atoms with E-state index in [2.05, 4.69) is 0 Å². The molecule has 1 aromatic carbocycles. The van der Waals surface area contributed by atoms with Gasteiger partial charge in [-0.3, -0.25) is 0 Å². The molecule has 0 amide bonds. The molecule has 0 aliphatic rings. The van der Waals surface area contributed by atoms with Gasteiger partial charge in [-0.2, -0.15) is 0 Å². The maximum absolute atomic E-state index is 13.4. The Morgan fingerprint density at radius 1 is 1.38 bits per heavy atom. The first-order valence-electron chi connectivity index (χ1n) is 3.87. The van der Waals surface area contributed by atoms with Crippen molar-refractivity contribution in [2.45, 2.75) is 19.1 Å². The van der Waals surface area contributed by atoms with Crippen LogP contribution in [0.1, 0.15) is 18.7 Å². The quantitative estimate of drug-likeness (QED) is 0.815. The number of halogens is 3. The van der Waals surface area contributed by atoms with Crippen LogP contribution in [0.3, 0.4) is 0 Å². The fourth-order valence-electron chi connectivity index (χ4n) is 1.01. The Kier molecular flexibility index (Phi) is 3.54. The number of hydrogen-bond donors (Lipinski definition) is 1. The monoisotopic (exact) mass is 221 g/mol. The lowest BCUT2D eigenvalue weighted by molar-refractivity contribution is 0.300. The number of benzene rings is 1. The van der Waals surface area contributed by atoms with E-state index in [0.29, 0.717) is 15.6 Å². The Bertz CT molecular complexity index is 302. The third-order valence-corrected chi connectivity index (χ3v) is 2.28. The highest BCUT2D eigenvalue weighted by molar-refractivity contribution is 6.35. The summed E-state index contributed by atoms with van der Waals surface area (Å²) in [6.45, 7) is 1.59. The van der Waals surface area contributed by atoms with Gasteiger partial charge in [-0.05, 0) is 19.1 Å². The Morgan fingerprint density at radius 3 is 2.46 bits per heavy atom. The van der Waals surface area contributed by atoms with Crippen molar-refractivity contribution in [3.8, 4) is 0 Å². The summed E-state index contributed by atoms with van der Waals surface area (Å²) in [6.07, 6.45) is -1.25. The zero-order valence-corrected chi connectivity index (χ0v) is 8.61. The summed E-state index contributed by atoms with van der Waals surface area (Å²) in [5.74, 6) is 0. The molecule has 0 aromatic heterocycles. The number of rotatable bonds is 2. The highest BCUT2D eigenvalue weighted by atomic mass is 35.5. The largest absolute Gasteiger partial charge is 0.325 e. The summed E-state index contributed by atoms with van der Waals surface area (Å²) in [7, 11) is 0. The molecule has 2 unspecified atom stereocenters. The second kappa shape index (κ2) is 4.27. The molecule has 0 saturated heterocycles. The molecule has 1 aromatic rings. The Labute approximate surface area is 86.6 Å². The maximum atomic E-state index is 13.4. The van der Waals surface area contributed by atoms with Crippen LogP contribution < -0.4 is 5.73 Å². The van der Waals surface area contributed by atoms with E-state index >= 15 is 0 Å². The van der Waals surface area contributed by atoms with Gasteiger partial charge in [0.05, 0.1) is 0 Å². The van der Waals surface area contributed by atoms with E-state index in [1.807, 2.05) is 0 Å². The van der Waals surface area contributed by atoms with Crippen molar-refractivity contribution in [3.63, 3.8) is 0 Å². The lowest BCUT2D eigenvalue weighted by Gasteiger charge is -2.13. The van der Waals surface area contributed by atoms with Gasteiger partial charge in [-0.1, -0.05) is 29.3 Å². The molecular weight excluding hydrogens is 212 g/mol. The second-order valence-electron chi connectivity index (χ2n) is 2.93. The van der Waals surface area contributed by atoms with Crippen molar-refractivity contribution < 1.29 is 4.39 Å². The van der Waals surface area contributed by atoms with Gasteiger partial charge in [0.25, 0.3) is 0 Å². The molecule has 72 valence electrons. The summed E-state index contributed by atoms with van der Waals surface area (Å²) in [4.78, 5) is 0. The van der Waals surface area contributed by atoms with Crippen molar-refractivity contribution in [2.75, 3.05) is 0 Å². The van der Waals surface area contributed by atoms with Gasteiger partial charge < -0.3 is 5.73 Å². The first kappa shape index (κ1) is 10.8. The highest BCUT2D eigenvalue weighted by Crippen LogP contribution is 2.29. The zero-order valence-electron chi connectivity index (χ0n) is 7.10. The minimum atomic E-state index is -1.25. The molecule has 0 saturated carbocycles. The Morgan fingerprint density at radius 2 is 2.00 bits per heavy atom. The van der Waals surface area contributed by atoms with Gasteiger partial charge in [0.2, 0.25) is 0 Å². The van der Waals surface area contributed by atoms with E-state index in [9.17, 15) is 4.39 Å². The predicted molar refractivity (Wildman–Crippen MR) is 54.0 cm³/mol. The van der Waals surface area contributed by atoms with Crippen LogP contribution in [-0.2, 0) is 0 Å². The molecule has 0 fully saturated rings. The molecule has 0 radical (unpaired) electrons. The van der Waals surface area contributed by atoms with Crippen LogP contribution in [0.5, 0.6) is 0 Å². The van der Waals surface area contributed by atoms with E-state index in [0.717, 1.165) is 0 Å².